The van der Waals surface area contributed by atoms with E-state index in [4.69, 9.17) is 14.5 Å². The van der Waals surface area contributed by atoms with Crippen molar-refractivity contribution in [2.45, 2.75) is 26.5 Å². The third-order valence-corrected chi connectivity index (χ3v) is 5.09. The van der Waals surface area contributed by atoms with Gasteiger partial charge in [0.15, 0.2) is 0 Å². The molecule has 0 bridgehead atoms. The maximum absolute atomic E-state index is 6.16. The molecule has 0 unspecified atom stereocenters. The zero-order valence-corrected chi connectivity index (χ0v) is 17.3. The fourth-order valence-corrected chi connectivity index (χ4v) is 3.56. The van der Waals surface area contributed by atoms with Crippen molar-refractivity contribution >= 4 is 11.0 Å². The van der Waals surface area contributed by atoms with Crippen LogP contribution in [0.15, 0.2) is 85.5 Å². The lowest BCUT2D eigenvalue weighted by Crippen LogP contribution is -2.13. The number of benzene rings is 3. The maximum atomic E-state index is 6.16. The molecule has 152 valence electrons. The van der Waals surface area contributed by atoms with Gasteiger partial charge in [-0.3, -0.25) is 0 Å². The van der Waals surface area contributed by atoms with Crippen LogP contribution in [0.1, 0.15) is 17.0 Å². The molecule has 0 radical (unpaired) electrons. The zero-order valence-electron chi connectivity index (χ0n) is 17.3. The molecular weight excluding hydrogens is 372 g/mol. The molecule has 0 aliphatic heterocycles. The van der Waals surface area contributed by atoms with Crippen molar-refractivity contribution in [2.75, 3.05) is 6.61 Å². The van der Waals surface area contributed by atoms with Crippen LogP contribution in [-0.2, 0) is 19.6 Å². The van der Waals surface area contributed by atoms with Crippen LogP contribution in [0.25, 0.3) is 11.0 Å². The Morgan fingerprint density at radius 1 is 0.900 bits per heavy atom. The molecule has 0 fully saturated rings. The molecule has 4 nitrogen and oxygen atoms in total. The minimum Gasteiger partial charge on any atom is -0.491 e. The van der Waals surface area contributed by atoms with Crippen LogP contribution in [0, 0.1) is 6.92 Å². The number of nitrogens with zero attached hydrogens (tertiary/aromatic N) is 2. The lowest BCUT2D eigenvalue weighted by atomic mass is 10.1. The van der Waals surface area contributed by atoms with Crippen LogP contribution in [0.4, 0.5) is 0 Å². The van der Waals surface area contributed by atoms with Crippen molar-refractivity contribution in [3.8, 4) is 11.5 Å². The normalized spacial score (nSPS) is 10.8. The van der Waals surface area contributed by atoms with E-state index >= 15 is 0 Å². The summed E-state index contributed by atoms with van der Waals surface area (Å²) in [6.45, 7) is 7.55. The van der Waals surface area contributed by atoms with E-state index in [0.717, 1.165) is 45.9 Å². The second-order valence-corrected chi connectivity index (χ2v) is 7.17. The fourth-order valence-electron chi connectivity index (χ4n) is 3.56. The Labute approximate surface area is 177 Å². The number of hydrogen-bond acceptors (Lipinski definition) is 3. The minimum absolute atomic E-state index is 0.396. The number of aromatic nitrogens is 2. The third kappa shape index (κ3) is 4.38. The topological polar surface area (TPSA) is 36.3 Å². The van der Waals surface area contributed by atoms with Gasteiger partial charge in [-0.15, -0.1) is 6.58 Å². The average molecular weight is 399 g/mol. The van der Waals surface area contributed by atoms with Gasteiger partial charge in [-0.05, 0) is 48.7 Å². The molecule has 4 rings (SSSR count). The molecule has 0 aliphatic rings. The number of para-hydroxylation sites is 4. The molecule has 0 aliphatic carbocycles. The summed E-state index contributed by atoms with van der Waals surface area (Å²) in [4.78, 5) is 4.81. The molecule has 0 saturated heterocycles. The standard InChI is InChI=1S/C26H26N2O2/c1-3-10-21-12-5-9-16-25(21)30-19-26-27-22-13-6-7-14-23(22)28(26)17-18-29-24-15-8-4-11-20(24)2/h3-9,11-16H,1,10,17-19H2,2H3. The summed E-state index contributed by atoms with van der Waals surface area (Å²) in [5.74, 6) is 2.67. The molecular formula is C26H26N2O2. The van der Waals surface area contributed by atoms with Gasteiger partial charge in [0.1, 0.15) is 30.5 Å². The summed E-state index contributed by atoms with van der Waals surface area (Å²) in [5.41, 5.74) is 4.31. The molecule has 1 heterocycles. The highest BCUT2D eigenvalue weighted by atomic mass is 16.5. The average Bonchev–Trinajstić information content (AvgIpc) is 3.12. The van der Waals surface area contributed by atoms with Crippen LogP contribution < -0.4 is 9.47 Å². The Hall–Kier alpha value is -3.53. The van der Waals surface area contributed by atoms with Crippen LogP contribution in [0.3, 0.4) is 0 Å². The van der Waals surface area contributed by atoms with E-state index in [1.807, 2.05) is 60.7 Å². The van der Waals surface area contributed by atoms with Gasteiger partial charge in [0.2, 0.25) is 0 Å². The maximum Gasteiger partial charge on any atom is 0.148 e. The van der Waals surface area contributed by atoms with E-state index in [2.05, 4.69) is 36.3 Å². The number of ether oxygens (including phenoxy) is 2. The Kier molecular flexibility index (Phi) is 6.14. The van der Waals surface area contributed by atoms with Gasteiger partial charge >= 0.3 is 0 Å². The summed E-state index contributed by atoms with van der Waals surface area (Å²) in [7, 11) is 0. The van der Waals surface area contributed by atoms with E-state index in [-0.39, 0.29) is 0 Å². The van der Waals surface area contributed by atoms with Crippen molar-refractivity contribution in [1.82, 2.24) is 9.55 Å². The molecule has 0 atom stereocenters. The number of hydrogen-bond donors (Lipinski definition) is 0. The van der Waals surface area contributed by atoms with Gasteiger partial charge in [0.25, 0.3) is 0 Å². The predicted molar refractivity (Wildman–Crippen MR) is 121 cm³/mol. The Morgan fingerprint density at radius 3 is 2.47 bits per heavy atom. The van der Waals surface area contributed by atoms with Crippen molar-refractivity contribution in [1.29, 1.82) is 0 Å². The molecule has 4 aromatic rings. The molecule has 0 amide bonds. The van der Waals surface area contributed by atoms with Crippen molar-refractivity contribution in [3.63, 3.8) is 0 Å². The molecule has 0 saturated carbocycles. The van der Waals surface area contributed by atoms with Crippen LogP contribution in [0.5, 0.6) is 11.5 Å². The highest BCUT2D eigenvalue weighted by Gasteiger charge is 2.12. The summed E-state index contributed by atoms with van der Waals surface area (Å²) < 4.78 is 14.4. The highest BCUT2D eigenvalue weighted by molar-refractivity contribution is 5.75. The number of allylic oxidation sites excluding steroid dienone is 1. The first-order valence-electron chi connectivity index (χ1n) is 10.2. The SMILES string of the molecule is C=CCc1ccccc1OCc1nc2ccccc2n1CCOc1ccccc1C. The monoisotopic (exact) mass is 398 g/mol. The van der Waals surface area contributed by atoms with Crippen molar-refractivity contribution in [3.05, 3.63) is 102 Å². The summed E-state index contributed by atoms with van der Waals surface area (Å²) in [6.07, 6.45) is 2.66. The molecule has 0 N–H and O–H groups in total. The zero-order chi connectivity index (χ0) is 20.8. The third-order valence-electron chi connectivity index (χ3n) is 5.09. The first kappa shape index (κ1) is 19.8. The molecule has 4 heteroatoms. The molecule has 30 heavy (non-hydrogen) atoms. The number of rotatable bonds is 9. The summed E-state index contributed by atoms with van der Waals surface area (Å²) in [5, 5.41) is 0. The second kappa shape index (κ2) is 9.31. The van der Waals surface area contributed by atoms with Crippen LogP contribution in [-0.4, -0.2) is 16.2 Å². The lowest BCUT2D eigenvalue weighted by Gasteiger charge is -2.14. The van der Waals surface area contributed by atoms with Crippen LogP contribution in [0.2, 0.25) is 0 Å². The lowest BCUT2D eigenvalue weighted by molar-refractivity contribution is 0.270. The Morgan fingerprint density at radius 2 is 1.63 bits per heavy atom. The second-order valence-electron chi connectivity index (χ2n) is 7.17. The molecule has 3 aromatic carbocycles. The highest BCUT2D eigenvalue weighted by Crippen LogP contribution is 2.22. The number of aryl methyl sites for hydroxylation is 1. The molecule has 0 spiro atoms. The largest absolute Gasteiger partial charge is 0.491 e. The van der Waals surface area contributed by atoms with Crippen molar-refractivity contribution < 1.29 is 9.47 Å². The van der Waals surface area contributed by atoms with E-state index in [0.29, 0.717) is 19.8 Å². The first-order valence-corrected chi connectivity index (χ1v) is 10.2. The van der Waals surface area contributed by atoms with E-state index in [1.165, 1.54) is 0 Å². The van der Waals surface area contributed by atoms with Crippen LogP contribution >= 0.6 is 0 Å². The van der Waals surface area contributed by atoms with Gasteiger partial charge in [-0.1, -0.05) is 54.6 Å². The fraction of sp³-hybridized carbons (Fsp3) is 0.192. The summed E-state index contributed by atoms with van der Waals surface area (Å²) >= 11 is 0. The van der Waals surface area contributed by atoms with E-state index < -0.39 is 0 Å². The van der Waals surface area contributed by atoms with E-state index in [1.54, 1.807) is 0 Å². The summed E-state index contributed by atoms with van der Waals surface area (Å²) in [6, 6.07) is 24.3. The van der Waals surface area contributed by atoms with Gasteiger partial charge in [0.05, 0.1) is 17.6 Å². The van der Waals surface area contributed by atoms with Gasteiger partial charge in [-0.2, -0.15) is 0 Å². The van der Waals surface area contributed by atoms with E-state index in [9.17, 15) is 0 Å². The van der Waals surface area contributed by atoms with Crippen molar-refractivity contribution in [2.24, 2.45) is 0 Å². The van der Waals surface area contributed by atoms with Gasteiger partial charge < -0.3 is 14.0 Å². The quantitative estimate of drug-likeness (QED) is 0.338. The van der Waals surface area contributed by atoms with Gasteiger partial charge in [-0.25, -0.2) is 4.98 Å². The van der Waals surface area contributed by atoms with Gasteiger partial charge in [0, 0.05) is 0 Å². The first-order chi connectivity index (χ1) is 14.8. The molecule has 1 aromatic heterocycles. The number of imidazole rings is 1. The Balaban J connectivity index is 1.53. The number of fused-ring (bicyclic) bond motifs is 1. The predicted octanol–water partition coefficient (Wildman–Crippen LogP) is 5.73. The minimum atomic E-state index is 0.396. The Bertz CT molecular complexity index is 1150. The smallest absolute Gasteiger partial charge is 0.148 e.